The smallest absolute Gasteiger partial charge is 0.274 e. The molecule has 3 heterocycles. The van der Waals surface area contributed by atoms with Gasteiger partial charge in [0.05, 0.1) is 10.9 Å². The molecule has 8 nitrogen and oxygen atoms in total. The van der Waals surface area contributed by atoms with Gasteiger partial charge in [-0.05, 0) is 38.2 Å². The maximum absolute atomic E-state index is 12.9. The van der Waals surface area contributed by atoms with E-state index >= 15 is 0 Å². The molecule has 1 saturated heterocycles. The van der Waals surface area contributed by atoms with Gasteiger partial charge in [-0.3, -0.25) is 24.2 Å². The number of hydrogen-bond acceptors (Lipinski definition) is 4. The molecule has 2 aromatic heterocycles. The second-order valence-corrected chi connectivity index (χ2v) is 6.88. The number of aromatic amines is 1. The molecule has 4 rings (SSSR count). The molecule has 3 N–H and O–H groups in total. The third kappa shape index (κ3) is 2.92. The second-order valence-electron chi connectivity index (χ2n) is 6.88. The van der Waals surface area contributed by atoms with Crippen molar-refractivity contribution in [2.75, 3.05) is 6.54 Å². The summed E-state index contributed by atoms with van der Waals surface area (Å²) in [7, 11) is 1.70. The van der Waals surface area contributed by atoms with Gasteiger partial charge in [0.1, 0.15) is 6.04 Å². The molecule has 0 aromatic carbocycles. The van der Waals surface area contributed by atoms with E-state index in [1.54, 1.807) is 17.8 Å². The molecule has 25 heavy (non-hydrogen) atoms. The fourth-order valence-corrected chi connectivity index (χ4v) is 3.36. The third-order valence-electron chi connectivity index (χ3n) is 4.92. The molecule has 1 aliphatic carbocycles. The van der Waals surface area contributed by atoms with Gasteiger partial charge in [0.25, 0.3) is 11.5 Å². The Hall–Kier alpha value is -2.64. The van der Waals surface area contributed by atoms with Crippen LogP contribution in [0.5, 0.6) is 0 Å². The topological polar surface area (TPSA) is 109 Å². The average Bonchev–Trinajstić information content (AvgIpc) is 3.40. The van der Waals surface area contributed by atoms with Gasteiger partial charge in [-0.25, -0.2) is 4.98 Å². The first-order valence-electron chi connectivity index (χ1n) is 8.73. The largest absolute Gasteiger partial charge is 0.354 e. The summed E-state index contributed by atoms with van der Waals surface area (Å²) in [6, 6.07) is 1.14. The number of H-pyrrole nitrogens is 1. The van der Waals surface area contributed by atoms with Crippen LogP contribution < -0.4 is 16.2 Å². The predicted molar refractivity (Wildman–Crippen MR) is 91.4 cm³/mol. The van der Waals surface area contributed by atoms with Crippen molar-refractivity contribution in [3.8, 4) is 0 Å². The molecule has 132 valence electrons. The van der Waals surface area contributed by atoms with Crippen molar-refractivity contribution in [2.24, 2.45) is 7.05 Å². The number of aromatic nitrogens is 3. The normalized spacial score (nSPS) is 21.0. The zero-order valence-corrected chi connectivity index (χ0v) is 14.1. The Kier molecular flexibility index (Phi) is 3.82. The molecule has 1 atom stereocenters. The molecule has 1 aliphatic heterocycles. The van der Waals surface area contributed by atoms with Crippen LogP contribution in [0.3, 0.4) is 0 Å². The summed E-state index contributed by atoms with van der Waals surface area (Å²) < 4.78 is 1.54. The molecule has 0 spiro atoms. The van der Waals surface area contributed by atoms with E-state index < -0.39 is 11.9 Å². The molecule has 2 aliphatic rings. The maximum Gasteiger partial charge on any atom is 0.274 e. The molecule has 1 saturated carbocycles. The fraction of sp³-hybridized carbons (Fsp3) is 0.529. The van der Waals surface area contributed by atoms with Crippen LogP contribution in [-0.2, 0) is 11.8 Å². The summed E-state index contributed by atoms with van der Waals surface area (Å²) in [5.41, 5.74) is 1.26. The van der Waals surface area contributed by atoms with E-state index in [1.165, 1.54) is 0 Å². The molecule has 1 unspecified atom stereocenters. The second kappa shape index (κ2) is 6.02. The lowest BCUT2D eigenvalue weighted by atomic mass is 10.1. The Morgan fingerprint density at radius 1 is 1.28 bits per heavy atom. The van der Waals surface area contributed by atoms with E-state index in [4.69, 9.17) is 0 Å². The zero-order chi connectivity index (χ0) is 17.6. The van der Waals surface area contributed by atoms with Crippen LogP contribution in [0.2, 0.25) is 0 Å². The first-order chi connectivity index (χ1) is 12.0. The van der Waals surface area contributed by atoms with Crippen molar-refractivity contribution >= 4 is 22.8 Å². The fourth-order valence-electron chi connectivity index (χ4n) is 3.36. The number of nitrogens with zero attached hydrogens (tertiary/aromatic N) is 2. The zero-order valence-electron chi connectivity index (χ0n) is 14.1. The lowest BCUT2D eigenvalue weighted by molar-refractivity contribution is -0.122. The van der Waals surface area contributed by atoms with Crippen molar-refractivity contribution in [2.45, 2.75) is 44.1 Å². The van der Waals surface area contributed by atoms with Crippen LogP contribution in [0.15, 0.2) is 10.9 Å². The Morgan fingerprint density at radius 3 is 2.84 bits per heavy atom. The Labute approximate surface area is 144 Å². The van der Waals surface area contributed by atoms with Crippen molar-refractivity contribution in [3.63, 3.8) is 0 Å². The molecule has 0 bridgehead atoms. The van der Waals surface area contributed by atoms with Gasteiger partial charge < -0.3 is 10.6 Å². The van der Waals surface area contributed by atoms with Gasteiger partial charge in [0, 0.05) is 25.2 Å². The number of hydrogen-bond donors (Lipinski definition) is 3. The quantitative estimate of drug-likeness (QED) is 0.755. The van der Waals surface area contributed by atoms with Gasteiger partial charge >= 0.3 is 0 Å². The highest BCUT2D eigenvalue weighted by molar-refractivity contribution is 6.06. The van der Waals surface area contributed by atoms with Crippen molar-refractivity contribution in [1.29, 1.82) is 0 Å². The minimum absolute atomic E-state index is 0.166. The molecular weight excluding hydrogens is 322 g/mol. The van der Waals surface area contributed by atoms with Crippen molar-refractivity contribution in [1.82, 2.24) is 25.4 Å². The number of aryl methyl sites for hydroxylation is 1. The Balaban J connectivity index is 1.73. The van der Waals surface area contributed by atoms with Gasteiger partial charge in [-0.1, -0.05) is 0 Å². The van der Waals surface area contributed by atoms with Crippen LogP contribution >= 0.6 is 0 Å². The van der Waals surface area contributed by atoms with E-state index in [9.17, 15) is 14.4 Å². The van der Waals surface area contributed by atoms with Crippen molar-refractivity contribution < 1.29 is 9.59 Å². The summed E-state index contributed by atoms with van der Waals surface area (Å²) >= 11 is 0. The van der Waals surface area contributed by atoms with Crippen LogP contribution in [0.25, 0.3) is 11.0 Å². The Morgan fingerprint density at radius 2 is 2.08 bits per heavy atom. The Bertz CT molecular complexity index is 909. The lowest BCUT2D eigenvalue weighted by Crippen LogP contribution is -2.45. The summed E-state index contributed by atoms with van der Waals surface area (Å²) in [6.07, 6.45) is 4.47. The third-order valence-corrected chi connectivity index (χ3v) is 4.92. The van der Waals surface area contributed by atoms with E-state index in [1.807, 2.05) is 0 Å². The number of carbonyl (C=O) groups excluding carboxylic acids is 2. The van der Waals surface area contributed by atoms with Crippen molar-refractivity contribution in [3.05, 3.63) is 27.7 Å². The number of rotatable bonds is 3. The number of amides is 2. The van der Waals surface area contributed by atoms with Gasteiger partial charge in [-0.15, -0.1) is 0 Å². The van der Waals surface area contributed by atoms with Gasteiger partial charge in [0.2, 0.25) is 5.91 Å². The number of nitrogens with one attached hydrogen (secondary N) is 3. The van der Waals surface area contributed by atoms with Gasteiger partial charge in [0.15, 0.2) is 5.65 Å². The van der Waals surface area contributed by atoms with Crippen LogP contribution in [0.1, 0.15) is 54.1 Å². The monoisotopic (exact) mass is 343 g/mol. The lowest BCUT2D eigenvalue weighted by Gasteiger charge is -2.15. The van der Waals surface area contributed by atoms with Crippen LogP contribution in [-0.4, -0.2) is 39.2 Å². The minimum atomic E-state index is -0.564. The summed E-state index contributed by atoms with van der Waals surface area (Å²) in [5.74, 6) is -0.212. The summed E-state index contributed by atoms with van der Waals surface area (Å²) in [5, 5.41) is 8.54. The van der Waals surface area contributed by atoms with Crippen LogP contribution in [0.4, 0.5) is 0 Å². The number of fused-ring (bicyclic) bond motifs is 1. The average molecular weight is 343 g/mol. The molecule has 8 heteroatoms. The molecular formula is C17H21N5O3. The number of pyridine rings is 1. The minimum Gasteiger partial charge on any atom is -0.354 e. The molecule has 2 fully saturated rings. The highest BCUT2D eigenvalue weighted by Crippen LogP contribution is 2.39. The van der Waals surface area contributed by atoms with E-state index in [0.717, 1.165) is 31.4 Å². The first-order valence-corrected chi connectivity index (χ1v) is 8.73. The molecule has 0 radical (unpaired) electrons. The first kappa shape index (κ1) is 15.9. The molecule has 2 amide bonds. The maximum atomic E-state index is 12.9. The standard InChI is InChI=1S/C17H21N5O3/c1-22-14-13(17(25)21-22)10(8-12(19-14)9-5-6-9)15(23)20-11-4-2-3-7-18-16(11)24/h8-9,11H,2-7H2,1H3,(H,18,24)(H,20,23)(H,21,25). The SMILES string of the molecule is Cn1[nH]c(=O)c2c(C(=O)NC3CCCCNC3=O)cc(C3CC3)nc21. The predicted octanol–water partition coefficient (Wildman–Crippen LogP) is 0.538. The summed E-state index contributed by atoms with van der Waals surface area (Å²) in [6.45, 7) is 0.634. The highest BCUT2D eigenvalue weighted by Gasteiger charge is 2.30. The highest BCUT2D eigenvalue weighted by atomic mass is 16.2. The molecule has 2 aromatic rings. The van der Waals surface area contributed by atoms with E-state index in [0.29, 0.717) is 30.1 Å². The van der Waals surface area contributed by atoms with Gasteiger partial charge in [-0.2, -0.15) is 0 Å². The number of carbonyl (C=O) groups is 2. The summed E-state index contributed by atoms with van der Waals surface area (Å²) in [4.78, 5) is 41.8. The van der Waals surface area contributed by atoms with Crippen LogP contribution in [0, 0.1) is 0 Å². The van der Waals surface area contributed by atoms with E-state index in [-0.39, 0.29) is 16.9 Å². The van der Waals surface area contributed by atoms with E-state index in [2.05, 4.69) is 20.7 Å².